The van der Waals surface area contributed by atoms with Crippen LogP contribution in [-0.2, 0) is 16.0 Å². The minimum Gasteiger partial charge on any atom is -0.378 e. The Kier molecular flexibility index (Phi) is 4.13. The monoisotopic (exact) mass is 351 g/mol. The molecule has 2 heterocycles. The Morgan fingerprint density at radius 2 is 2.24 bits per heavy atom. The number of amides is 1. The van der Waals surface area contributed by atoms with Crippen LogP contribution in [0.2, 0.25) is 0 Å². The number of halogens is 1. The maximum absolute atomic E-state index is 12.5. The Morgan fingerprint density at radius 1 is 1.43 bits per heavy atom. The summed E-state index contributed by atoms with van der Waals surface area (Å²) in [5, 5.41) is 0. The Hall–Kier alpha value is -1.20. The fourth-order valence-electron chi connectivity index (χ4n) is 3.07. The molecule has 5 heteroatoms. The summed E-state index contributed by atoms with van der Waals surface area (Å²) in [7, 11) is 0. The normalized spacial score (nSPS) is 20.7. The molecule has 2 aliphatic heterocycles. The lowest BCUT2D eigenvalue weighted by Gasteiger charge is -2.16. The van der Waals surface area contributed by atoms with E-state index in [2.05, 4.69) is 15.9 Å². The van der Waals surface area contributed by atoms with Crippen LogP contribution in [0.25, 0.3) is 0 Å². The van der Waals surface area contributed by atoms with Crippen molar-refractivity contribution in [1.82, 2.24) is 0 Å². The highest BCUT2D eigenvalue weighted by molar-refractivity contribution is 9.10. The molecule has 1 aromatic rings. The van der Waals surface area contributed by atoms with Crippen LogP contribution in [-0.4, -0.2) is 30.9 Å². The number of hydrogen-bond donors (Lipinski definition) is 0. The second-order valence-corrected chi connectivity index (χ2v) is 6.50. The van der Waals surface area contributed by atoms with Gasteiger partial charge in [0.05, 0.1) is 6.10 Å². The fourth-order valence-corrected chi connectivity index (χ4v) is 3.68. The number of rotatable bonds is 3. The van der Waals surface area contributed by atoms with Crippen LogP contribution in [0.4, 0.5) is 5.69 Å². The molecule has 21 heavy (non-hydrogen) atoms. The molecule has 0 saturated carbocycles. The average Bonchev–Trinajstić information content (AvgIpc) is 3.06. The summed E-state index contributed by atoms with van der Waals surface area (Å²) in [6, 6.07) is 3.83. The minimum atomic E-state index is 0.0218. The fraction of sp³-hybridized carbons (Fsp3) is 0.500. The van der Waals surface area contributed by atoms with Gasteiger partial charge in [-0.1, -0.05) is 15.9 Å². The van der Waals surface area contributed by atoms with E-state index in [0.717, 1.165) is 41.6 Å². The molecule has 1 amide bonds. The third-order valence-corrected chi connectivity index (χ3v) is 4.84. The van der Waals surface area contributed by atoms with Crippen LogP contribution >= 0.6 is 15.9 Å². The van der Waals surface area contributed by atoms with Gasteiger partial charge in [0.25, 0.3) is 0 Å². The first-order valence-electron chi connectivity index (χ1n) is 7.31. The van der Waals surface area contributed by atoms with Crippen molar-refractivity contribution in [3.05, 3.63) is 27.7 Å². The van der Waals surface area contributed by atoms with Gasteiger partial charge in [0, 0.05) is 42.2 Å². The predicted molar refractivity (Wildman–Crippen MR) is 83.8 cm³/mol. The van der Waals surface area contributed by atoms with E-state index in [1.54, 1.807) is 11.8 Å². The van der Waals surface area contributed by atoms with E-state index in [0.29, 0.717) is 18.5 Å². The van der Waals surface area contributed by atoms with Crippen LogP contribution in [0, 0.1) is 0 Å². The van der Waals surface area contributed by atoms with Crippen molar-refractivity contribution < 1.29 is 14.3 Å². The number of ketones is 1. The zero-order chi connectivity index (χ0) is 15.0. The predicted octanol–water partition coefficient (Wildman–Crippen LogP) is 3.11. The second-order valence-electron chi connectivity index (χ2n) is 5.64. The molecule has 1 fully saturated rings. The van der Waals surface area contributed by atoms with Crippen molar-refractivity contribution in [3.63, 3.8) is 0 Å². The van der Waals surface area contributed by atoms with Crippen molar-refractivity contribution in [2.75, 3.05) is 18.1 Å². The third kappa shape index (κ3) is 2.90. The first-order valence-corrected chi connectivity index (χ1v) is 8.11. The summed E-state index contributed by atoms with van der Waals surface area (Å²) >= 11 is 3.49. The lowest BCUT2D eigenvalue weighted by Crippen LogP contribution is -2.26. The Balaban J connectivity index is 1.87. The van der Waals surface area contributed by atoms with Crippen LogP contribution in [0.5, 0.6) is 0 Å². The quantitative estimate of drug-likeness (QED) is 0.786. The summed E-state index contributed by atoms with van der Waals surface area (Å²) in [4.78, 5) is 25.9. The van der Waals surface area contributed by atoms with Gasteiger partial charge in [0.2, 0.25) is 5.91 Å². The molecular formula is C16H18BrNO3. The van der Waals surface area contributed by atoms with Gasteiger partial charge in [-0.15, -0.1) is 0 Å². The first-order chi connectivity index (χ1) is 10.1. The van der Waals surface area contributed by atoms with Crippen LogP contribution in [0.3, 0.4) is 0 Å². The van der Waals surface area contributed by atoms with Crippen molar-refractivity contribution >= 4 is 33.3 Å². The van der Waals surface area contributed by atoms with Gasteiger partial charge in [-0.25, -0.2) is 0 Å². The number of benzene rings is 1. The van der Waals surface area contributed by atoms with Crippen molar-refractivity contribution in [2.24, 2.45) is 0 Å². The summed E-state index contributed by atoms with van der Waals surface area (Å²) in [6.07, 6.45) is 3.28. The van der Waals surface area contributed by atoms with E-state index in [1.165, 1.54) is 0 Å². The molecule has 1 unspecified atom stereocenters. The van der Waals surface area contributed by atoms with Gasteiger partial charge < -0.3 is 9.64 Å². The zero-order valence-electron chi connectivity index (χ0n) is 12.0. The largest absolute Gasteiger partial charge is 0.378 e. The van der Waals surface area contributed by atoms with Gasteiger partial charge in [-0.3, -0.25) is 9.59 Å². The third-order valence-electron chi connectivity index (χ3n) is 4.18. The molecule has 112 valence electrons. The number of fused-ring (bicyclic) bond motifs is 1. The second kappa shape index (κ2) is 5.89. The SMILES string of the molecule is CC(=O)N1CCc2cc(Br)c(C(=O)CC3CCCO3)cc21. The van der Waals surface area contributed by atoms with E-state index in [1.807, 2.05) is 12.1 Å². The maximum Gasteiger partial charge on any atom is 0.223 e. The smallest absolute Gasteiger partial charge is 0.223 e. The van der Waals surface area contributed by atoms with E-state index < -0.39 is 0 Å². The van der Waals surface area contributed by atoms with Crippen LogP contribution < -0.4 is 4.90 Å². The van der Waals surface area contributed by atoms with Gasteiger partial charge in [0.15, 0.2) is 5.78 Å². The maximum atomic E-state index is 12.5. The van der Waals surface area contributed by atoms with Gasteiger partial charge in [0.1, 0.15) is 0 Å². The van der Waals surface area contributed by atoms with Gasteiger partial charge in [-0.2, -0.15) is 0 Å². The topological polar surface area (TPSA) is 46.6 Å². The summed E-state index contributed by atoms with van der Waals surface area (Å²) in [5.74, 6) is 0.0978. The molecule has 0 N–H and O–H groups in total. The number of ether oxygens (including phenoxy) is 1. The molecule has 1 saturated heterocycles. The van der Waals surface area contributed by atoms with Crippen LogP contribution in [0.15, 0.2) is 16.6 Å². The molecule has 0 aliphatic carbocycles. The van der Waals surface area contributed by atoms with E-state index >= 15 is 0 Å². The minimum absolute atomic E-state index is 0.0218. The van der Waals surface area contributed by atoms with Gasteiger partial charge >= 0.3 is 0 Å². The Labute approximate surface area is 132 Å². The van der Waals surface area contributed by atoms with Crippen LogP contribution in [0.1, 0.15) is 42.1 Å². The lowest BCUT2D eigenvalue weighted by molar-refractivity contribution is -0.116. The number of carbonyl (C=O) groups is 2. The number of carbonyl (C=O) groups excluding carboxylic acids is 2. The lowest BCUT2D eigenvalue weighted by atomic mass is 10.0. The highest BCUT2D eigenvalue weighted by Gasteiger charge is 2.26. The number of Topliss-reactive ketones (excluding diaryl/α,β-unsaturated/α-hetero) is 1. The summed E-state index contributed by atoms with van der Waals surface area (Å²) in [5.41, 5.74) is 2.64. The zero-order valence-corrected chi connectivity index (χ0v) is 13.6. The van der Waals surface area contributed by atoms with E-state index in [-0.39, 0.29) is 17.8 Å². The Bertz CT molecular complexity index is 593. The van der Waals surface area contributed by atoms with Crippen molar-refractivity contribution in [3.8, 4) is 0 Å². The molecule has 1 aromatic carbocycles. The van der Waals surface area contributed by atoms with Crippen molar-refractivity contribution in [2.45, 2.75) is 38.7 Å². The van der Waals surface area contributed by atoms with Crippen molar-refractivity contribution in [1.29, 1.82) is 0 Å². The van der Waals surface area contributed by atoms with E-state index in [4.69, 9.17) is 4.74 Å². The highest BCUT2D eigenvalue weighted by atomic mass is 79.9. The summed E-state index contributed by atoms with van der Waals surface area (Å²) in [6.45, 7) is 3.01. The summed E-state index contributed by atoms with van der Waals surface area (Å²) < 4.78 is 6.35. The molecule has 0 radical (unpaired) electrons. The molecule has 2 aliphatic rings. The molecule has 0 bridgehead atoms. The average molecular weight is 352 g/mol. The molecular weight excluding hydrogens is 334 g/mol. The molecule has 0 aromatic heterocycles. The molecule has 1 atom stereocenters. The Morgan fingerprint density at radius 3 is 2.90 bits per heavy atom. The van der Waals surface area contributed by atoms with Gasteiger partial charge in [-0.05, 0) is 37.0 Å². The molecule has 0 spiro atoms. The highest BCUT2D eigenvalue weighted by Crippen LogP contribution is 2.34. The molecule has 3 rings (SSSR count). The molecule has 4 nitrogen and oxygen atoms in total. The first kappa shape index (κ1) is 14.7. The number of hydrogen-bond acceptors (Lipinski definition) is 3. The number of nitrogens with zero attached hydrogens (tertiary/aromatic N) is 1. The standard InChI is InChI=1S/C16H18BrNO3/c1-10(19)18-5-4-11-7-14(17)13(9-15(11)18)16(20)8-12-3-2-6-21-12/h7,9,12H,2-6,8H2,1H3. The number of anilines is 1. The van der Waals surface area contributed by atoms with E-state index in [9.17, 15) is 9.59 Å².